The van der Waals surface area contributed by atoms with Crippen LogP contribution in [0.25, 0.3) is 11.5 Å². The summed E-state index contributed by atoms with van der Waals surface area (Å²) >= 11 is 0. The smallest absolute Gasteiger partial charge is 0.259 e. The number of hydrogen-bond acceptors (Lipinski definition) is 4. The standard InChI is InChI=1S/C22H20FN3O2/c1-14-24-20(28-25-14)15-7-2-3-8-16(15)21(27)26-13-22(11-4-5-12-22)19-17(23)9-6-10-18(19)26/h2-3,6-10H,4-5,11-13H2,1H3. The van der Waals surface area contributed by atoms with Gasteiger partial charge in [-0.25, -0.2) is 4.39 Å². The minimum Gasteiger partial charge on any atom is -0.334 e. The molecule has 0 unspecified atom stereocenters. The van der Waals surface area contributed by atoms with Gasteiger partial charge in [-0.3, -0.25) is 4.79 Å². The maximum absolute atomic E-state index is 14.8. The van der Waals surface area contributed by atoms with Crippen molar-refractivity contribution in [2.24, 2.45) is 0 Å². The van der Waals surface area contributed by atoms with E-state index in [4.69, 9.17) is 4.52 Å². The highest BCUT2D eigenvalue weighted by molar-refractivity contribution is 6.11. The molecular weight excluding hydrogens is 357 g/mol. The van der Waals surface area contributed by atoms with Crippen molar-refractivity contribution in [2.45, 2.75) is 38.0 Å². The first-order chi connectivity index (χ1) is 13.6. The van der Waals surface area contributed by atoms with E-state index in [1.807, 2.05) is 18.2 Å². The Kier molecular flexibility index (Phi) is 3.82. The van der Waals surface area contributed by atoms with E-state index < -0.39 is 0 Å². The van der Waals surface area contributed by atoms with Gasteiger partial charge in [-0.15, -0.1) is 0 Å². The largest absolute Gasteiger partial charge is 0.334 e. The first-order valence-electron chi connectivity index (χ1n) is 9.60. The molecule has 6 heteroatoms. The Labute approximate surface area is 162 Å². The summed E-state index contributed by atoms with van der Waals surface area (Å²) in [6.45, 7) is 2.25. The van der Waals surface area contributed by atoms with Gasteiger partial charge in [0.1, 0.15) is 5.82 Å². The maximum Gasteiger partial charge on any atom is 0.259 e. The molecule has 2 aliphatic rings. The molecule has 0 N–H and O–H groups in total. The van der Waals surface area contributed by atoms with Gasteiger partial charge in [-0.1, -0.05) is 36.2 Å². The third kappa shape index (κ3) is 2.47. The number of carbonyl (C=O) groups is 1. The Morgan fingerprint density at radius 1 is 1.14 bits per heavy atom. The highest BCUT2D eigenvalue weighted by Gasteiger charge is 2.48. The van der Waals surface area contributed by atoms with Crippen molar-refractivity contribution in [1.82, 2.24) is 10.1 Å². The molecule has 3 aromatic rings. The van der Waals surface area contributed by atoms with Gasteiger partial charge in [0.15, 0.2) is 5.82 Å². The van der Waals surface area contributed by atoms with Gasteiger partial charge < -0.3 is 9.42 Å². The molecule has 1 amide bonds. The molecule has 1 saturated carbocycles. The molecule has 5 nitrogen and oxygen atoms in total. The monoisotopic (exact) mass is 377 g/mol. The summed E-state index contributed by atoms with van der Waals surface area (Å²) in [5.74, 6) is 0.448. The summed E-state index contributed by atoms with van der Waals surface area (Å²) in [6, 6.07) is 12.2. The van der Waals surface area contributed by atoms with Crippen molar-refractivity contribution in [3.05, 3.63) is 65.2 Å². The molecule has 0 bridgehead atoms. The fourth-order valence-corrected chi connectivity index (χ4v) is 4.78. The lowest BCUT2D eigenvalue weighted by molar-refractivity contribution is 0.0985. The molecule has 2 aromatic carbocycles. The number of rotatable bonds is 2. The van der Waals surface area contributed by atoms with Gasteiger partial charge in [-0.2, -0.15) is 4.98 Å². The van der Waals surface area contributed by atoms with E-state index in [-0.39, 0.29) is 17.1 Å². The van der Waals surface area contributed by atoms with Crippen LogP contribution in [0, 0.1) is 12.7 Å². The van der Waals surface area contributed by atoms with Crippen LogP contribution in [-0.4, -0.2) is 22.6 Å². The van der Waals surface area contributed by atoms with E-state index in [0.717, 1.165) is 25.7 Å². The minimum atomic E-state index is -0.271. The first-order valence-corrected chi connectivity index (χ1v) is 9.60. The number of fused-ring (bicyclic) bond motifs is 2. The van der Waals surface area contributed by atoms with Crippen LogP contribution in [0.1, 0.15) is 47.4 Å². The van der Waals surface area contributed by atoms with E-state index in [9.17, 15) is 9.18 Å². The average molecular weight is 377 g/mol. The van der Waals surface area contributed by atoms with Gasteiger partial charge in [-0.05, 0) is 44.0 Å². The normalized spacial score (nSPS) is 17.3. The maximum atomic E-state index is 14.8. The fourth-order valence-electron chi connectivity index (χ4n) is 4.78. The molecule has 142 valence electrons. The Morgan fingerprint density at radius 3 is 2.68 bits per heavy atom. The Balaban J connectivity index is 1.61. The number of nitrogens with zero attached hydrogens (tertiary/aromatic N) is 3. The van der Waals surface area contributed by atoms with E-state index in [1.165, 1.54) is 6.07 Å². The lowest BCUT2D eigenvalue weighted by atomic mass is 9.80. The van der Waals surface area contributed by atoms with Crippen LogP contribution in [0.3, 0.4) is 0 Å². The average Bonchev–Trinajstić information content (AvgIpc) is 3.42. The van der Waals surface area contributed by atoms with Crippen molar-refractivity contribution in [3.63, 3.8) is 0 Å². The van der Waals surface area contributed by atoms with Crippen LogP contribution in [0.15, 0.2) is 47.0 Å². The van der Waals surface area contributed by atoms with Crippen molar-refractivity contribution in [1.29, 1.82) is 0 Å². The zero-order chi connectivity index (χ0) is 19.3. The number of carbonyl (C=O) groups excluding carboxylic acids is 1. The molecule has 1 aliphatic heterocycles. The van der Waals surface area contributed by atoms with E-state index in [1.54, 1.807) is 30.0 Å². The molecule has 1 aromatic heterocycles. The van der Waals surface area contributed by atoms with E-state index in [2.05, 4.69) is 10.1 Å². The Morgan fingerprint density at radius 2 is 1.93 bits per heavy atom. The summed E-state index contributed by atoms with van der Waals surface area (Å²) in [4.78, 5) is 19.6. The molecule has 0 atom stereocenters. The zero-order valence-corrected chi connectivity index (χ0v) is 15.6. The highest BCUT2D eigenvalue weighted by Crippen LogP contribution is 2.51. The van der Waals surface area contributed by atoms with Gasteiger partial charge in [0, 0.05) is 17.5 Å². The number of anilines is 1. The summed E-state index contributed by atoms with van der Waals surface area (Å²) in [7, 11) is 0. The second kappa shape index (κ2) is 6.26. The van der Waals surface area contributed by atoms with Crippen LogP contribution in [0.5, 0.6) is 0 Å². The second-order valence-electron chi connectivity index (χ2n) is 7.71. The molecular formula is C22H20FN3O2. The zero-order valence-electron chi connectivity index (χ0n) is 15.6. The number of aromatic nitrogens is 2. The number of halogens is 1. The molecule has 0 saturated heterocycles. The molecule has 5 rings (SSSR count). The molecule has 1 spiro atoms. The lowest BCUT2D eigenvalue weighted by Gasteiger charge is -2.25. The van der Waals surface area contributed by atoms with E-state index in [0.29, 0.717) is 40.6 Å². The van der Waals surface area contributed by atoms with Gasteiger partial charge in [0.25, 0.3) is 11.8 Å². The molecule has 1 aliphatic carbocycles. The van der Waals surface area contributed by atoms with Crippen molar-refractivity contribution in [3.8, 4) is 11.5 Å². The van der Waals surface area contributed by atoms with Crippen molar-refractivity contribution in [2.75, 3.05) is 11.4 Å². The van der Waals surface area contributed by atoms with Crippen LogP contribution < -0.4 is 4.90 Å². The predicted molar refractivity (Wildman–Crippen MR) is 103 cm³/mol. The first kappa shape index (κ1) is 17.1. The summed E-state index contributed by atoms with van der Waals surface area (Å²) in [5, 5.41) is 3.84. The van der Waals surface area contributed by atoms with Crippen LogP contribution >= 0.6 is 0 Å². The van der Waals surface area contributed by atoms with Gasteiger partial charge in [0.05, 0.1) is 16.8 Å². The van der Waals surface area contributed by atoms with Gasteiger partial charge in [0.2, 0.25) is 0 Å². The third-order valence-electron chi connectivity index (χ3n) is 5.99. The summed E-state index contributed by atoms with van der Waals surface area (Å²) in [5.41, 5.74) is 2.19. The molecule has 2 heterocycles. The van der Waals surface area contributed by atoms with Gasteiger partial charge >= 0.3 is 0 Å². The second-order valence-corrected chi connectivity index (χ2v) is 7.71. The van der Waals surface area contributed by atoms with Crippen LogP contribution in [-0.2, 0) is 5.41 Å². The molecule has 28 heavy (non-hydrogen) atoms. The van der Waals surface area contributed by atoms with Crippen LogP contribution in [0.4, 0.5) is 10.1 Å². The quantitative estimate of drug-likeness (QED) is 0.652. The predicted octanol–water partition coefficient (Wildman–Crippen LogP) is 4.66. The van der Waals surface area contributed by atoms with E-state index >= 15 is 0 Å². The number of benzene rings is 2. The number of hydrogen-bond donors (Lipinski definition) is 0. The van der Waals surface area contributed by atoms with Crippen LogP contribution in [0.2, 0.25) is 0 Å². The third-order valence-corrected chi connectivity index (χ3v) is 5.99. The fraction of sp³-hybridized carbons (Fsp3) is 0.318. The number of aryl methyl sites for hydroxylation is 1. The SMILES string of the molecule is Cc1noc(-c2ccccc2C(=O)N2CC3(CCCC3)c3c(F)cccc32)n1. The van der Waals surface area contributed by atoms with Crippen molar-refractivity contribution >= 4 is 11.6 Å². The summed E-state index contributed by atoms with van der Waals surface area (Å²) in [6.07, 6.45) is 3.95. The molecule has 1 fully saturated rings. The Bertz CT molecular complexity index is 1070. The van der Waals surface area contributed by atoms with Crippen molar-refractivity contribution < 1.29 is 13.7 Å². The number of amides is 1. The highest BCUT2D eigenvalue weighted by atomic mass is 19.1. The summed E-state index contributed by atoms with van der Waals surface area (Å²) < 4.78 is 20.1. The molecule has 0 radical (unpaired) electrons. The Hall–Kier alpha value is -3.02. The topological polar surface area (TPSA) is 59.2 Å². The minimum absolute atomic E-state index is 0.165. The lowest BCUT2D eigenvalue weighted by Crippen LogP contribution is -2.35.